The van der Waals surface area contributed by atoms with Crippen molar-refractivity contribution in [3.63, 3.8) is 0 Å². The van der Waals surface area contributed by atoms with Crippen LogP contribution in [-0.2, 0) is 6.54 Å². The Morgan fingerprint density at radius 3 is 2.26 bits per heavy atom. The summed E-state index contributed by atoms with van der Waals surface area (Å²) in [6.45, 7) is 0.378. The number of rotatable bonds is 5. The first-order chi connectivity index (χ1) is 13.2. The number of hydrogen-bond donors (Lipinski definition) is 2. The van der Waals surface area contributed by atoms with Crippen molar-refractivity contribution < 1.29 is 9.59 Å². The highest BCUT2D eigenvalue weighted by Gasteiger charge is 2.11. The fraction of sp³-hybridized carbons (Fsp3) is 0.0476. The van der Waals surface area contributed by atoms with Gasteiger partial charge in [0.1, 0.15) is 0 Å². The zero-order valence-electron chi connectivity index (χ0n) is 14.3. The molecule has 0 saturated heterocycles. The van der Waals surface area contributed by atoms with Gasteiger partial charge in [-0.05, 0) is 60.2 Å². The molecular weight excluding hydrogens is 340 g/mol. The normalized spacial score (nSPS) is 9.89. The Bertz CT molecular complexity index is 993. The zero-order chi connectivity index (χ0) is 19.1. The number of anilines is 1. The Morgan fingerprint density at radius 1 is 0.926 bits per heavy atom. The number of nitriles is 1. The average Bonchev–Trinajstić information content (AvgIpc) is 2.73. The van der Waals surface area contributed by atoms with Crippen LogP contribution in [0.5, 0.6) is 0 Å². The molecule has 0 unspecified atom stereocenters. The molecule has 0 atom stereocenters. The quantitative estimate of drug-likeness (QED) is 0.734. The molecule has 0 bridgehead atoms. The summed E-state index contributed by atoms with van der Waals surface area (Å²) in [7, 11) is 0. The second-order valence-electron chi connectivity index (χ2n) is 5.76. The Kier molecular flexibility index (Phi) is 5.55. The zero-order valence-corrected chi connectivity index (χ0v) is 14.3. The van der Waals surface area contributed by atoms with Crippen molar-refractivity contribution in [1.82, 2.24) is 10.3 Å². The van der Waals surface area contributed by atoms with Gasteiger partial charge in [-0.25, -0.2) is 0 Å². The number of nitrogens with one attached hydrogen (secondary N) is 2. The van der Waals surface area contributed by atoms with Crippen LogP contribution in [0.15, 0.2) is 73.1 Å². The van der Waals surface area contributed by atoms with E-state index in [1.807, 2.05) is 18.2 Å². The van der Waals surface area contributed by atoms with Crippen molar-refractivity contribution in [1.29, 1.82) is 5.26 Å². The lowest BCUT2D eigenvalue weighted by Crippen LogP contribution is -2.23. The summed E-state index contributed by atoms with van der Waals surface area (Å²) in [6.07, 6.45) is 3.32. The van der Waals surface area contributed by atoms with Gasteiger partial charge in [-0.2, -0.15) is 5.26 Å². The van der Waals surface area contributed by atoms with Gasteiger partial charge in [-0.1, -0.05) is 6.07 Å². The summed E-state index contributed by atoms with van der Waals surface area (Å²) in [6, 6.07) is 18.7. The average molecular weight is 356 g/mol. The van der Waals surface area contributed by atoms with Crippen LogP contribution in [0.1, 0.15) is 31.8 Å². The van der Waals surface area contributed by atoms with Gasteiger partial charge < -0.3 is 10.6 Å². The lowest BCUT2D eigenvalue weighted by molar-refractivity contribution is 0.0951. The lowest BCUT2D eigenvalue weighted by Gasteiger charge is -2.08. The molecule has 1 heterocycles. The van der Waals surface area contributed by atoms with Crippen molar-refractivity contribution in [2.24, 2.45) is 0 Å². The second kappa shape index (κ2) is 8.41. The number of aromatic nitrogens is 1. The summed E-state index contributed by atoms with van der Waals surface area (Å²) in [5.74, 6) is -0.594. The van der Waals surface area contributed by atoms with Crippen LogP contribution >= 0.6 is 0 Å². The molecule has 0 aliphatic heterocycles. The van der Waals surface area contributed by atoms with E-state index in [2.05, 4.69) is 15.6 Å². The predicted octanol–water partition coefficient (Wildman–Crippen LogP) is 3.14. The van der Waals surface area contributed by atoms with Crippen LogP contribution < -0.4 is 10.6 Å². The lowest BCUT2D eigenvalue weighted by atomic mass is 10.1. The first kappa shape index (κ1) is 17.8. The number of nitrogens with zero attached hydrogens (tertiary/aromatic N) is 2. The first-order valence-corrected chi connectivity index (χ1v) is 8.24. The summed E-state index contributed by atoms with van der Waals surface area (Å²) >= 11 is 0. The van der Waals surface area contributed by atoms with Gasteiger partial charge in [0.25, 0.3) is 11.8 Å². The number of carbonyl (C=O) groups is 2. The molecule has 2 amide bonds. The maximum Gasteiger partial charge on any atom is 0.255 e. The minimum atomic E-state index is -0.330. The minimum Gasteiger partial charge on any atom is -0.348 e. The smallest absolute Gasteiger partial charge is 0.255 e. The third-order valence-electron chi connectivity index (χ3n) is 3.86. The molecule has 1 aromatic heterocycles. The number of pyridine rings is 1. The third kappa shape index (κ3) is 4.77. The molecule has 0 aliphatic rings. The van der Waals surface area contributed by atoms with Crippen LogP contribution in [0.3, 0.4) is 0 Å². The van der Waals surface area contributed by atoms with Crippen LogP contribution in [0.4, 0.5) is 5.69 Å². The van der Waals surface area contributed by atoms with Gasteiger partial charge in [0.2, 0.25) is 0 Å². The van der Waals surface area contributed by atoms with Gasteiger partial charge >= 0.3 is 0 Å². The van der Waals surface area contributed by atoms with Gasteiger partial charge in [-0.15, -0.1) is 0 Å². The summed E-state index contributed by atoms with van der Waals surface area (Å²) in [5, 5.41) is 14.4. The fourth-order valence-corrected chi connectivity index (χ4v) is 2.42. The molecule has 132 valence electrons. The van der Waals surface area contributed by atoms with E-state index in [0.717, 1.165) is 5.56 Å². The van der Waals surface area contributed by atoms with Gasteiger partial charge in [0.15, 0.2) is 0 Å². The Morgan fingerprint density at radius 2 is 1.59 bits per heavy atom. The van der Waals surface area contributed by atoms with Crippen LogP contribution in [-0.4, -0.2) is 16.8 Å². The van der Waals surface area contributed by atoms with Crippen molar-refractivity contribution in [3.05, 3.63) is 95.3 Å². The Hall–Kier alpha value is -3.98. The number of hydrogen-bond acceptors (Lipinski definition) is 4. The van der Waals surface area contributed by atoms with E-state index in [4.69, 9.17) is 5.26 Å². The molecule has 2 N–H and O–H groups in total. The monoisotopic (exact) mass is 356 g/mol. The standard InChI is InChI=1S/C21H16N4O2/c22-13-15-4-6-19(7-5-15)25-21(27)18-3-1-2-17(12-18)20(26)24-14-16-8-10-23-11-9-16/h1-12H,14H2,(H,24,26)(H,25,27). The van der Waals surface area contributed by atoms with E-state index in [1.165, 1.54) is 0 Å². The number of benzene rings is 2. The molecule has 0 aliphatic carbocycles. The van der Waals surface area contributed by atoms with Gasteiger partial charge in [-0.3, -0.25) is 14.6 Å². The highest BCUT2D eigenvalue weighted by atomic mass is 16.2. The van der Waals surface area contributed by atoms with E-state index in [1.54, 1.807) is 60.9 Å². The second-order valence-corrected chi connectivity index (χ2v) is 5.76. The minimum absolute atomic E-state index is 0.264. The molecule has 2 aromatic carbocycles. The Labute approximate surface area is 156 Å². The molecule has 0 fully saturated rings. The van der Waals surface area contributed by atoms with E-state index in [-0.39, 0.29) is 11.8 Å². The highest BCUT2D eigenvalue weighted by molar-refractivity contribution is 6.06. The third-order valence-corrected chi connectivity index (χ3v) is 3.86. The molecule has 27 heavy (non-hydrogen) atoms. The van der Waals surface area contributed by atoms with Crippen LogP contribution in [0.2, 0.25) is 0 Å². The van der Waals surface area contributed by atoms with Crippen molar-refractivity contribution in [3.8, 4) is 6.07 Å². The maximum atomic E-state index is 12.4. The molecule has 0 saturated carbocycles. The first-order valence-electron chi connectivity index (χ1n) is 8.24. The van der Waals surface area contributed by atoms with Crippen LogP contribution in [0, 0.1) is 11.3 Å². The SMILES string of the molecule is N#Cc1ccc(NC(=O)c2cccc(C(=O)NCc3ccncc3)c2)cc1. The topological polar surface area (TPSA) is 94.9 Å². The van der Waals surface area contributed by atoms with E-state index >= 15 is 0 Å². The predicted molar refractivity (Wildman–Crippen MR) is 101 cm³/mol. The van der Waals surface area contributed by atoms with Crippen molar-refractivity contribution in [2.75, 3.05) is 5.32 Å². The maximum absolute atomic E-state index is 12.4. The molecule has 6 heteroatoms. The van der Waals surface area contributed by atoms with Crippen molar-refractivity contribution in [2.45, 2.75) is 6.54 Å². The molecule has 0 spiro atoms. The molecule has 6 nitrogen and oxygen atoms in total. The van der Waals surface area contributed by atoms with Crippen molar-refractivity contribution >= 4 is 17.5 Å². The van der Waals surface area contributed by atoms with Crippen LogP contribution in [0.25, 0.3) is 0 Å². The fourth-order valence-electron chi connectivity index (χ4n) is 2.42. The summed E-state index contributed by atoms with van der Waals surface area (Å²) < 4.78 is 0. The molecular formula is C21H16N4O2. The summed E-state index contributed by atoms with van der Waals surface area (Å²) in [4.78, 5) is 28.7. The highest BCUT2D eigenvalue weighted by Crippen LogP contribution is 2.12. The molecule has 0 radical (unpaired) electrons. The largest absolute Gasteiger partial charge is 0.348 e. The molecule has 3 aromatic rings. The van der Waals surface area contributed by atoms with Gasteiger partial charge in [0.05, 0.1) is 11.6 Å². The van der Waals surface area contributed by atoms with Gasteiger partial charge in [0, 0.05) is 35.8 Å². The van der Waals surface area contributed by atoms with E-state index in [0.29, 0.717) is 28.9 Å². The Balaban J connectivity index is 1.65. The van der Waals surface area contributed by atoms with E-state index < -0.39 is 0 Å². The van der Waals surface area contributed by atoms with E-state index in [9.17, 15) is 9.59 Å². The number of carbonyl (C=O) groups excluding carboxylic acids is 2. The molecule has 3 rings (SSSR count). The number of amides is 2. The summed E-state index contributed by atoms with van der Waals surface area (Å²) in [5.41, 5.74) is 2.80.